The summed E-state index contributed by atoms with van der Waals surface area (Å²) in [6.07, 6.45) is 0.963. The molecule has 0 aliphatic rings. The van der Waals surface area contributed by atoms with E-state index >= 15 is 0 Å². The highest BCUT2D eigenvalue weighted by molar-refractivity contribution is 7.22. The zero-order chi connectivity index (χ0) is 14.1. The van der Waals surface area contributed by atoms with Crippen molar-refractivity contribution >= 4 is 43.9 Å². The van der Waals surface area contributed by atoms with E-state index in [1.807, 2.05) is 37.3 Å². The Morgan fingerprint density at radius 1 is 1.30 bits per heavy atom. The van der Waals surface area contributed by atoms with Gasteiger partial charge in [0.05, 0.1) is 15.1 Å². The van der Waals surface area contributed by atoms with E-state index in [9.17, 15) is 4.79 Å². The monoisotopic (exact) mass is 302 g/mol. The smallest absolute Gasteiger partial charge is 0.267 e. The van der Waals surface area contributed by atoms with Gasteiger partial charge in [-0.25, -0.2) is 4.98 Å². The minimum Gasteiger partial charge on any atom is -0.297 e. The van der Waals surface area contributed by atoms with Crippen LogP contribution in [0.5, 0.6) is 0 Å². The maximum Gasteiger partial charge on any atom is 0.267 e. The predicted molar refractivity (Wildman–Crippen MR) is 86.0 cm³/mol. The van der Waals surface area contributed by atoms with Gasteiger partial charge in [0.15, 0.2) is 5.13 Å². The van der Waals surface area contributed by atoms with E-state index in [-0.39, 0.29) is 5.91 Å². The van der Waals surface area contributed by atoms with Crippen LogP contribution in [0.15, 0.2) is 30.3 Å². The van der Waals surface area contributed by atoms with Crippen LogP contribution in [0.1, 0.15) is 27.0 Å². The minimum atomic E-state index is -0.0724. The first kappa shape index (κ1) is 13.3. The Balaban J connectivity index is 1.84. The third-order valence-corrected chi connectivity index (χ3v) is 5.41. The number of carbonyl (C=O) groups excluding carboxylic acids is 1. The molecular weight excluding hydrogens is 288 g/mol. The van der Waals surface area contributed by atoms with Crippen LogP contribution in [-0.4, -0.2) is 10.9 Å². The number of thiophene rings is 1. The maximum absolute atomic E-state index is 12.2. The van der Waals surface area contributed by atoms with Gasteiger partial charge in [-0.15, -0.1) is 11.3 Å². The number of hydrogen-bond acceptors (Lipinski definition) is 4. The number of aryl methyl sites for hydroxylation is 2. The van der Waals surface area contributed by atoms with Crippen LogP contribution < -0.4 is 5.32 Å². The normalized spacial score (nSPS) is 10.9. The van der Waals surface area contributed by atoms with E-state index in [4.69, 9.17) is 0 Å². The summed E-state index contributed by atoms with van der Waals surface area (Å²) in [4.78, 5) is 18.7. The first-order chi connectivity index (χ1) is 9.67. The zero-order valence-corrected chi connectivity index (χ0v) is 12.9. The number of anilines is 1. The number of thiazole rings is 1. The molecule has 3 aromatic rings. The summed E-state index contributed by atoms with van der Waals surface area (Å²) >= 11 is 3.06. The molecule has 1 N–H and O–H groups in total. The number of aromatic nitrogens is 1. The number of nitrogens with zero attached hydrogens (tertiary/aromatic N) is 1. The van der Waals surface area contributed by atoms with Crippen molar-refractivity contribution in [1.82, 2.24) is 4.98 Å². The van der Waals surface area contributed by atoms with E-state index in [1.165, 1.54) is 21.8 Å². The summed E-state index contributed by atoms with van der Waals surface area (Å²) < 4.78 is 1.08. The SMILES string of the molecule is CCc1sc(C(=O)Nc2nc3ccccc3s2)cc1C. The molecule has 0 fully saturated rings. The number of carbonyl (C=O) groups is 1. The van der Waals surface area contributed by atoms with Crippen LogP contribution in [0.25, 0.3) is 10.2 Å². The molecular formula is C15H14N2OS2. The van der Waals surface area contributed by atoms with Gasteiger partial charge in [0.2, 0.25) is 0 Å². The first-order valence-electron chi connectivity index (χ1n) is 6.43. The summed E-state index contributed by atoms with van der Waals surface area (Å²) in [5.41, 5.74) is 2.11. The van der Waals surface area contributed by atoms with Crippen LogP contribution in [0, 0.1) is 6.92 Å². The largest absolute Gasteiger partial charge is 0.297 e. The van der Waals surface area contributed by atoms with Crippen molar-refractivity contribution < 1.29 is 4.79 Å². The number of para-hydroxylation sites is 1. The number of amides is 1. The molecule has 0 spiro atoms. The second-order valence-corrected chi connectivity index (χ2v) is 6.68. The van der Waals surface area contributed by atoms with Crippen LogP contribution in [0.2, 0.25) is 0 Å². The fraction of sp³-hybridized carbons (Fsp3) is 0.200. The van der Waals surface area contributed by atoms with Gasteiger partial charge in [-0.2, -0.15) is 0 Å². The second-order valence-electron chi connectivity index (χ2n) is 4.51. The Morgan fingerprint density at radius 2 is 2.10 bits per heavy atom. The molecule has 1 aromatic carbocycles. The lowest BCUT2D eigenvalue weighted by atomic mass is 10.2. The molecule has 0 aliphatic carbocycles. The minimum absolute atomic E-state index is 0.0724. The van der Waals surface area contributed by atoms with Gasteiger partial charge in [-0.1, -0.05) is 30.4 Å². The summed E-state index contributed by atoms with van der Waals surface area (Å²) in [6.45, 7) is 4.15. The van der Waals surface area contributed by atoms with Gasteiger partial charge in [0.1, 0.15) is 0 Å². The molecule has 0 unspecified atom stereocenters. The number of benzene rings is 1. The van der Waals surface area contributed by atoms with Crippen LogP contribution in [0.3, 0.4) is 0 Å². The topological polar surface area (TPSA) is 42.0 Å². The van der Waals surface area contributed by atoms with E-state index in [1.54, 1.807) is 11.3 Å². The second kappa shape index (κ2) is 5.34. The average Bonchev–Trinajstić information content (AvgIpc) is 3.01. The molecule has 5 heteroatoms. The van der Waals surface area contributed by atoms with Crippen molar-refractivity contribution in [3.8, 4) is 0 Å². The average molecular weight is 302 g/mol. The quantitative estimate of drug-likeness (QED) is 0.775. The standard InChI is InChI=1S/C15H14N2OS2/c1-3-11-9(2)8-13(19-11)14(18)17-15-16-10-6-4-5-7-12(10)20-15/h4-8H,3H2,1-2H3,(H,16,17,18). The lowest BCUT2D eigenvalue weighted by Crippen LogP contribution is -2.09. The maximum atomic E-state index is 12.2. The third-order valence-electron chi connectivity index (χ3n) is 3.08. The van der Waals surface area contributed by atoms with Gasteiger partial charge < -0.3 is 0 Å². The van der Waals surface area contributed by atoms with Crippen LogP contribution in [0.4, 0.5) is 5.13 Å². The van der Waals surface area contributed by atoms with Crippen LogP contribution >= 0.6 is 22.7 Å². The number of hydrogen-bond donors (Lipinski definition) is 1. The van der Waals surface area contributed by atoms with Crippen molar-refractivity contribution in [3.63, 3.8) is 0 Å². The van der Waals surface area contributed by atoms with Crippen molar-refractivity contribution in [2.45, 2.75) is 20.3 Å². The Kier molecular flexibility index (Phi) is 3.54. The molecule has 3 nitrogen and oxygen atoms in total. The molecule has 0 saturated heterocycles. The van der Waals surface area contributed by atoms with E-state index in [2.05, 4.69) is 17.2 Å². The van der Waals surface area contributed by atoms with Gasteiger partial charge in [-0.05, 0) is 37.1 Å². The Hall–Kier alpha value is -1.72. The van der Waals surface area contributed by atoms with Gasteiger partial charge in [-0.3, -0.25) is 10.1 Å². The number of rotatable bonds is 3. The number of fused-ring (bicyclic) bond motifs is 1. The molecule has 0 bridgehead atoms. The van der Waals surface area contributed by atoms with E-state index < -0.39 is 0 Å². The number of nitrogens with one attached hydrogen (secondary N) is 1. The molecule has 3 rings (SSSR count). The van der Waals surface area contributed by atoms with Crippen LogP contribution in [-0.2, 0) is 6.42 Å². The van der Waals surface area contributed by atoms with Crippen molar-refractivity contribution in [2.75, 3.05) is 5.32 Å². The highest BCUT2D eigenvalue weighted by Crippen LogP contribution is 2.27. The fourth-order valence-electron chi connectivity index (χ4n) is 2.07. The van der Waals surface area contributed by atoms with Crippen molar-refractivity contribution in [2.24, 2.45) is 0 Å². The Bertz CT molecular complexity index is 740. The zero-order valence-electron chi connectivity index (χ0n) is 11.3. The molecule has 2 aromatic heterocycles. The molecule has 1 amide bonds. The summed E-state index contributed by atoms with van der Waals surface area (Å²) in [5, 5.41) is 3.54. The lowest BCUT2D eigenvalue weighted by molar-refractivity contribution is 0.103. The Labute approximate surface area is 125 Å². The molecule has 102 valence electrons. The highest BCUT2D eigenvalue weighted by atomic mass is 32.1. The molecule has 0 atom stereocenters. The summed E-state index contributed by atoms with van der Waals surface area (Å²) in [5.74, 6) is -0.0724. The molecule has 20 heavy (non-hydrogen) atoms. The molecule has 0 radical (unpaired) electrons. The Morgan fingerprint density at radius 3 is 2.80 bits per heavy atom. The highest BCUT2D eigenvalue weighted by Gasteiger charge is 2.13. The van der Waals surface area contributed by atoms with Crippen molar-refractivity contribution in [1.29, 1.82) is 0 Å². The molecule has 0 saturated carbocycles. The molecule has 2 heterocycles. The first-order valence-corrected chi connectivity index (χ1v) is 8.07. The predicted octanol–water partition coefficient (Wildman–Crippen LogP) is 4.48. The van der Waals surface area contributed by atoms with E-state index in [0.29, 0.717) is 5.13 Å². The van der Waals surface area contributed by atoms with Gasteiger partial charge >= 0.3 is 0 Å². The fourth-order valence-corrected chi connectivity index (χ4v) is 3.94. The van der Waals surface area contributed by atoms with Crippen molar-refractivity contribution in [3.05, 3.63) is 45.6 Å². The van der Waals surface area contributed by atoms with Gasteiger partial charge in [0, 0.05) is 4.88 Å². The molecule has 0 aliphatic heterocycles. The summed E-state index contributed by atoms with van der Waals surface area (Å²) in [6, 6.07) is 9.83. The summed E-state index contributed by atoms with van der Waals surface area (Å²) in [7, 11) is 0. The van der Waals surface area contributed by atoms with E-state index in [0.717, 1.165) is 21.5 Å². The van der Waals surface area contributed by atoms with Gasteiger partial charge in [0.25, 0.3) is 5.91 Å². The lowest BCUT2D eigenvalue weighted by Gasteiger charge is -1.97. The third kappa shape index (κ3) is 2.46.